The van der Waals surface area contributed by atoms with E-state index in [0.29, 0.717) is 11.8 Å². The number of piperidine rings is 1. The maximum Gasteiger partial charge on any atom is 0.259 e. The van der Waals surface area contributed by atoms with Gasteiger partial charge in [-0.25, -0.2) is 4.98 Å². The van der Waals surface area contributed by atoms with E-state index in [1.807, 2.05) is 6.92 Å². The van der Waals surface area contributed by atoms with Gasteiger partial charge in [-0.05, 0) is 44.6 Å². The largest absolute Gasteiger partial charge is 0.309 e. The first-order valence-electron chi connectivity index (χ1n) is 8.10. The van der Waals surface area contributed by atoms with Gasteiger partial charge in [0.05, 0.1) is 11.4 Å². The average molecular weight is 319 g/mol. The van der Waals surface area contributed by atoms with Crippen LogP contribution in [0.1, 0.15) is 49.5 Å². The maximum absolute atomic E-state index is 12.4. The lowest BCUT2D eigenvalue weighted by atomic mass is 9.91. The van der Waals surface area contributed by atoms with E-state index >= 15 is 0 Å². The van der Waals surface area contributed by atoms with Crippen molar-refractivity contribution in [3.63, 3.8) is 0 Å². The van der Waals surface area contributed by atoms with Crippen LogP contribution < -0.4 is 5.56 Å². The van der Waals surface area contributed by atoms with Gasteiger partial charge in [0, 0.05) is 18.0 Å². The van der Waals surface area contributed by atoms with Crippen molar-refractivity contribution >= 4 is 21.6 Å². The van der Waals surface area contributed by atoms with Crippen molar-refractivity contribution < 1.29 is 0 Å². The molecular weight excluding hydrogens is 294 g/mol. The molecule has 3 rings (SSSR count). The second kappa shape index (κ2) is 5.78. The first-order valence-corrected chi connectivity index (χ1v) is 8.92. The number of likely N-dealkylation sites (tertiary alicyclic amines) is 1. The van der Waals surface area contributed by atoms with Gasteiger partial charge < -0.3 is 4.98 Å². The van der Waals surface area contributed by atoms with Crippen molar-refractivity contribution in [2.45, 2.75) is 47.1 Å². The van der Waals surface area contributed by atoms with Gasteiger partial charge in [0.25, 0.3) is 5.56 Å². The van der Waals surface area contributed by atoms with Gasteiger partial charge in [0.2, 0.25) is 0 Å². The normalized spacial score (nSPS) is 24.8. The molecule has 2 aromatic heterocycles. The highest BCUT2D eigenvalue weighted by atomic mass is 32.1. The Balaban J connectivity index is 1.97. The number of H-pyrrole nitrogens is 1. The number of fused-ring (bicyclic) bond motifs is 1. The van der Waals surface area contributed by atoms with E-state index in [1.54, 1.807) is 11.3 Å². The zero-order chi connectivity index (χ0) is 16.0. The van der Waals surface area contributed by atoms with E-state index in [0.717, 1.165) is 34.7 Å². The summed E-state index contributed by atoms with van der Waals surface area (Å²) < 4.78 is 0. The van der Waals surface area contributed by atoms with Crippen LogP contribution in [0.15, 0.2) is 4.79 Å². The van der Waals surface area contributed by atoms with Crippen LogP contribution in [0.2, 0.25) is 0 Å². The van der Waals surface area contributed by atoms with Crippen LogP contribution in [-0.2, 0) is 0 Å². The molecule has 0 aliphatic carbocycles. The van der Waals surface area contributed by atoms with Crippen LogP contribution in [0.5, 0.6) is 0 Å². The third kappa shape index (κ3) is 2.72. The van der Waals surface area contributed by atoms with Crippen molar-refractivity contribution in [1.82, 2.24) is 14.9 Å². The van der Waals surface area contributed by atoms with Crippen molar-refractivity contribution in [2.24, 2.45) is 11.8 Å². The molecule has 2 aromatic rings. The number of nitrogens with zero attached hydrogens (tertiary/aromatic N) is 2. The zero-order valence-corrected chi connectivity index (χ0v) is 14.9. The lowest BCUT2D eigenvalue weighted by Gasteiger charge is -2.38. The summed E-state index contributed by atoms with van der Waals surface area (Å²) in [6.45, 7) is 13.0. The number of hydrogen-bond donors (Lipinski definition) is 1. The zero-order valence-electron chi connectivity index (χ0n) is 14.1. The molecule has 120 valence electrons. The van der Waals surface area contributed by atoms with Gasteiger partial charge in [-0.15, -0.1) is 11.3 Å². The Morgan fingerprint density at radius 3 is 2.55 bits per heavy atom. The summed E-state index contributed by atoms with van der Waals surface area (Å²) in [6.07, 6.45) is 1.29. The molecular formula is C17H25N3OS. The molecule has 1 fully saturated rings. The molecule has 0 spiro atoms. The van der Waals surface area contributed by atoms with Crippen LogP contribution in [-0.4, -0.2) is 28.0 Å². The smallest absolute Gasteiger partial charge is 0.259 e. The van der Waals surface area contributed by atoms with Gasteiger partial charge in [-0.2, -0.15) is 0 Å². The second-order valence-corrected chi connectivity index (χ2v) is 8.19. The fourth-order valence-electron chi connectivity index (χ4n) is 3.67. The Morgan fingerprint density at radius 1 is 1.27 bits per heavy atom. The number of hydrogen-bond acceptors (Lipinski definition) is 4. The average Bonchev–Trinajstić information content (AvgIpc) is 2.72. The number of rotatable bonds is 2. The summed E-state index contributed by atoms with van der Waals surface area (Å²) in [6, 6.07) is 0.157. The predicted octanol–water partition coefficient (Wildman–Crippen LogP) is 3.64. The molecule has 0 saturated carbocycles. The van der Waals surface area contributed by atoms with E-state index in [9.17, 15) is 4.79 Å². The van der Waals surface area contributed by atoms with Crippen LogP contribution in [0.3, 0.4) is 0 Å². The summed E-state index contributed by atoms with van der Waals surface area (Å²) in [5.74, 6) is 2.21. The predicted molar refractivity (Wildman–Crippen MR) is 92.6 cm³/mol. The monoisotopic (exact) mass is 319 g/mol. The molecule has 1 saturated heterocycles. The van der Waals surface area contributed by atoms with Crippen molar-refractivity contribution in [2.75, 3.05) is 13.1 Å². The molecule has 22 heavy (non-hydrogen) atoms. The molecule has 4 nitrogen and oxygen atoms in total. The Morgan fingerprint density at radius 2 is 1.91 bits per heavy atom. The minimum atomic E-state index is 0.00630. The summed E-state index contributed by atoms with van der Waals surface area (Å²) in [7, 11) is 0. The molecule has 0 bridgehead atoms. The molecule has 3 heterocycles. The summed E-state index contributed by atoms with van der Waals surface area (Å²) in [5, 5.41) is 0.763. The van der Waals surface area contributed by atoms with Crippen LogP contribution in [0, 0.1) is 25.7 Å². The van der Waals surface area contributed by atoms with Crippen molar-refractivity contribution in [3.05, 3.63) is 26.6 Å². The minimum Gasteiger partial charge on any atom is -0.309 e. The highest BCUT2D eigenvalue weighted by Crippen LogP contribution is 2.30. The van der Waals surface area contributed by atoms with Gasteiger partial charge in [-0.3, -0.25) is 9.69 Å². The molecule has 5 heteroatoms. The quantitative estimate of drug-likeness (QED) is 0.919. The maximum atomic E-state index is 12.4. The second-order valence-electron chi connectivity index (χ2n) is 6.99. The topological polar surface area (TPSA) is 49.0 Å². The van der Waals surface area contributed by atoms with Gasteiger partial charge in [0.15, 0.2) is 0 Å². The molecule has 1 N–H and O–H groups in total. The number of aromatic amines is 1. The fourth-order valence-corrected chi connectivity index (χ4v) is 4.71. The third-order valence-corrected chi connectivity index (χ3v) is 6.00. The standard InChI is InChI=1S/C17H25N3OS/c1-9-6-10(2)8-20(7-9)12(4)15-18-16(21)14-11(3)13(5)22-17(14)19-15/h9-10,12H,6-8H2,1-5H3,(H,18,19,21)/t9-,10-,12-/m0/s1. The van der Waals surface area contributed by atoms with Crippen LogP contribution in [0.4, 0.5) is 0 Å². The molecule has 1 aliphatic rings. The Hall–Kier alpha value is -1.20. The highest BCUT2D eigenvalue weighted by Gasteiger charge is 2.27. The summed E-state index contributed by atoms with van der Waals surface area (Å²) >= 11 is 1.62. The van der Waals surface area contributed by atoms with Crippen LogP contribution in [0.25, 0.3) is 10.2 Å². The molecule has 3 atom stereocenters. The van der Waals surface area contributed by atoms with E-state index in [2.05, 4.69) is 37.6 Å². The number of aromatic nitrogens is 2. The number of thiophene rings is 1. The Labute approximate surface area is 135 Å². The van der Waals surface area contributed by atoms with E-state index in [1.165, 1.54) is 11.3 Å². The van der Waals surface area contributed by atoms with Gasteiger partial charge in [0.1, 0.15) is 10.7 Å². The first-order chi connectivity index (χ1) is 10.4. The van der Waals surface area contributed by atoms with E-state index in [-0.39, 0.29) is 11.6 Å². The molecule has 0 amide bonds. The lowest BCUT2D eigenvalue weighted by Crippen LogP contribution is -2.41. The van der Waals surface area contributed by atoms with Crippen molar-refractivity contribution in [3.8, 4) is 0 Å². The van der Waals surface area contributed by atoms with Crippen LogP contribution >= 0.6 is 11.3 Å². The molecule has 0 unspecified atom stereocenters. The van der Waals surface area contributed by atoms with Gasteiger partial charge in [-0.1, -0.05) is 13.8 Å². The first kappa shape index (κ1) is 15.7. The Bertz CT molecular complexity index is 738. The molecule has 0 radical (unpaired) electrons. The number of aryl methyl sites for hydroxylation is 2. The molecule has 0 aromatic carbocycles. The number of nitrogens with one attached hydrogen (secondary N) is 1. The molecule has 1 aliphatic heterocycles. The van der Waals surface area contributed by atoms with Gasteiger partial charge >= 0.3 is 0 Å². The minimum absolute atomic E-state index is 0.00630. The SMILES string of the molecule is Cc1sc2nc([C@H](C)N3C[C@@H](C)C[C@H](C)C3)[nH]c(=O)c2c1C. The summed E-state index contributed by atoms with van der Waals surface area (Å²) in [4.78, 5) is 24.7. The lowest BCUT2D eigenvalue weighted by molar-refractivity contribution is 0.0992. The van der Waals surface area contributed by atoms with E-state index in [4.69, 9.17) is 4.98 Å². The summed E-state index contributed by atoms with van der Waals surface area (Å²) in [5.41, 5.74) is 1.07. The highest BCUT2D eigenvalue weighted by molar-refractivity contribution is 7.18. The fraction of sp³-hybridized carbons (Fsp3) is 0.647. The third-order valence-electron chi connectivity index (χ3n) is 4.90. The van der Waals surface area contributed by atoms with E-state index < -0.39 is 0 Å². The van der Waals surface area contributed by atoms with Crippen molar-refractivity contribution in [1.29, 1.82) is 0 Å². The Kier molecular flexibility index (Phi) is 4.12.